The smallest absolute Gasteiger partial charge is 0.258 e. The molecule has 1 heterocycles. The number of hydrogen-bond donors (Lipinski definition) is 0. The van der Waals surface area contributed by atoms with Crippen molar-refractivity contribution >= 4 is 11.6 Å². The molecule has 1 aliphatic rings. The Bertz CT molecular complexity index is 656. The van der Waals surface area contributed by atoms with E-state index in [9.17, 15) is 4.79 Å². The van der Waals surface area contributed by atoms with Gasteiger partial charge in [0.05, 0.1) is 0 Å². The molecule has 0 saturated carbocycles. The van der Waals surface area contributed by atoms with Crippen LogP contribution in [0, 0.1) is 11.3 Å². The molecule has 1 aromatic carbocycles. The molecule has 0 fully saturated rings. The number of amides is 1. The molecule has 0 N–H and O–H groups in total. The monoisotopic (exact) mass is 353 g/mol. The van der Waals surface area contributed by atoms with Crippen molar-refractivity contribution < 1.29 is 4.79 Å². The van der Waals surface area contributed by atoms with E-state index in [0.29, 0.717) is 11.3 Å². The Hall–Kier alpha value is -1.83. The molecule has 1 unspecified atom stereocenters. The Morgan fingerprint density at radius 3 is 2.54 bits per heavy atom. The van der Waals surface area contributed by atoms with Crippen LogP contribution in [0.25, 0.3) is 5.70 Å². The standard InChI is InChI=1S/C24H35NO/c1-6-8-15-22-20-13-9-10-14-21(20)23(26)25(22)18-16-19(3)12-11-17-24(4,5)7-2/h6,9-10,13-15,19H,1,7-8,11-12,16-18H2,2-5H3/b22-15+. The number of rotatable bonds is 10. The highest BCUT2D eigenvalue weighted by Gasteiger charge is 2.31. The van der Waals surface area contributed by atoms with Crippen molar-refractivity contribution in [2.75, 3.05) is 6.54 Å². The summed E-state index contributed by atoms with van der Waals surface area (Å²) < 4.78 is 0. The summed E-state index contributed by atoms with van der Waals surface area (Å²) in [6.07, 6.45) is 10.9. The zero-order chi connectivity index (χ0) is 19.2. The van der Waals surface area contributed by atoms with E-state index in [1.165, 1.54) is 25.7 Å². The maximum absolute atomic E-state index is 12.8. The molecular weight excluding hydrogens is 318 g/mol. The second kappa shape index (κ2) is 9.21. The molecule has 0 spiro atoms. The van der Waals surface area contributed by atoms with Gasteiger partial charge in [-0.05, 0) is 36.7 Å². The number of fused-ring (bicyclic) bond motifs is 1. The molecule has 142 valence electrons. The minimum Gasteiger partial charge on any atom is -0.308 e. The Morgan fingerprint density at radius 1 is 1.19 bits per heavy atom. The summed E-state index contributed by atoms with van der Waals surface area (Å²) >= 11 is 0. The van der Waals surface area contributed by atoms with Gasteiger partial charge in [-0.25, -0.2) is 0 Å². The molecule has 1 aliphatic heterocycles. The van der Waals surface area contributed by atoms with Crippen LogP contribution in [0.3, 0.4) is 0 Å². The Balaban J connectivity index is 1.95. The van der Waals surface area contributed by atoms with Gasteiger partial charge in [0.15, 0.2) is 0 Å². The Labute approximate surface area is 160 Å². The molecule has 2 heteroatoms. The van der Waals surface area contributed by atoms with Crippen LogP contribution >= 0.6 is 0 Å². The molecule has 0 radical (unpaired) electrons. The van der Waals surface area contributed by atoms with Gasteiger partial charge < -0.3 is 4.90 Å². The summed E-state index contributed by atoms with van der Waals surface area (Å²) in [5, 5.41) is 0. The molecule has 0 bridgehead atoms. The molecule has 1 aromatic rings. The second-order valence-corrected chi connectivity index (χ2v) is 8.42. The third-order valence-corrected chi connectivity index (χ3v) is 5.80. The van der Waals surface area contributed by atoms with E-state index >= 15 is 0 Å². The normalized spacial score (nSPS) is 16.8. The number of nitrogens with zero attached hydrogens (tertiary/aromatic N) is 1. The first-order valence-electron chi connectivity index (χ1n) is 10.1. The molecule has 0 aliphatic carbocycles. The molecule has 2 rings (SSSR count). The van der Waals surface area contributed by atoms with Gasteiger partial charge in [0.1, 0.15) is 0 Å². The average Bonchev–Trinajstić information content (AvgIpc) is 2.90. The highest BCUT2D eigenvalue weighted by atomic mass is 16.2. The lowest BCUT2D eigenvalue weighted by Gasteiger charge is -2.24. The third kappa shape index (κ3) is 5.09. The van der Waals surface area contributed by atoms with Crippen molar-refractivity contribution in [1.82, 2.24) is 4.90 Å². The minimum atomic E-state index is 0.148. The number of carbonyl (C=O) groups excluding carboxylic acids is 1. The quantitative estimate of drug-likeness (QED) is 0.429. The fourth-order valence-electron chi connectivity index (χ4n) is 3.53. The van der Waals surface area contributed by atoms with Gasteiger partial charge in [-0.3, -0.25) is 4.79 Å². The van der Waals surface area contributed by atoms with Gasteiger partial charge in [-0.1, -0.05) is 77.3 Å². The van der Waals surface area contributed by atoms with Gasteiger partial charge in [0.2, 0.25) is 0 Å². The zero-order valence-electron chi connectivity index (χ0n) is 17.1. The van der Waals surface area contributed by atoms with Gasteiger partial charge >= 0.3 is 0 Å². The summed E-state index contributed by atoms with van der Waals surface area (Å²) in [6, 6.07) is 7.95. The highest BCUT2D eigenvalue weighted by Crippen LogP contribution is 2.34. The largest absolute Gasteiger partial charge is 0.308 e. The van der Waals surface area contributed by atoms with Gasteiger partial charge in [-0.2, -0.15) is 0 Å². The summed E-state index contributed by atoms with van der Waals surface area (Å²) in [5.41, 5.74) is 3.41. The topological polar surface area (TPSA) is 20.3 Å². The Kier molecular flexibility index (Phi) is 7.25. The van der Waals surface area contributed by atoms with Crippen LogP contribution in [-0.2, 0) is 0 Å². The fourth-order valence-corrected chi connectivity index (χ4v) is 3.53. The molecule has 0 saturated heterocycles. The molecule has 26 heavy (non-hydrogen) atoms. The van der Waals surface area contributed by atoms with Crippen LogP contribution in [0.2, 0.25) is 0 Å². The highest BCUT2D eigenvalue weighted by molar-refractivity contribution is 6.09. The van der Waals surface area contributed by atoms with Crippen molar-refractivity contribution in [3.63, 3.8) is 0 Å². The minimum absolute atomic E-state index is 0.148. The van der Waals surface area contributed by atoms with Gasteiger partial charge in [0.25, 0.3) is 5.91 Å². The van der Waals surface area contributed by atoms with Crippen LogP contribution in [0.5, 0.6) is 0 Å². The number of allylic oxidation sites excluding steroid dienone is 2. The second-order valence-electron chi connectivity index (χ2n) is 8.42. The maximum Gasteiger partial charge on any atom is 0.258 e. The zero-order valence-corrected chi connectivity index (χ0v) is 17.1. The number of carbonyl (C=O) groups is 1. The predicted molar refractivity (Wildman–Crippen MR) is 112 cm³/mol. The van der Waals surface area contributed by atoms with E-state index in [1.807, 2.05) is 29.2 Å². The van der Waals surface area contributed by atoms with Crippen molar-refractivity contribution in [3.05, 3.63) is 54.1 Å². The van der Waals surface area contributed by atoms with Crippen LogP contribution in [-0.4, -0.2) is 17.4 Å². The van der Waals surface area contributed by atoms with E-state index in [0.717, 1.165) is 36.2 Å². The van der Waals surface area contributed by atoms with Gasteiger partial charge in [0, 0.05) is 23.4 Å². The maximum atomic E-state index is 12.8. The first-order valence-corrected chi connectivity index (χ1v) is 10.1. The van der Waals surface area contributed by atoms with Gasteiger partial charge in [-0.15, -0.1) is 6.58 Å². The van der Waals surface area contributed by atoms with Crippen LogP contribution in [0.15, 0.2) is 43.0 Å². The average molecular weight is 354 g/mol. The van der Waals surface area contributed by atoms with E-state index in [-0.39, 0.29) is 5.91 Å². The molecule has 2 nitrogen and oxygen atoms in total. The lowest BCUT2D eigenvalue weighted by Crippen LogP contribution is -2.25. The van der Waals surface area contributed by atoms with E-state index < -0.39 is 0 Å². The van der Waals surface area contributed by atoms with Crippen molar-refractivity contribution in [2.24, 2.45) is 11.3 Å². The summed E-state index contributed by atoms with van der Waals surface area (Å²) in [5.74, 6) is 0.787. The lowest BCUT2D eigenvalue weighted by molar-refractivity contribution is 0.0844. The number of hydrogen-bond acceptors (Lipinski definition) is 1. The molecule has 1 atom stereocenters. The Morgan fingerprint density at radius 2 is 1.88 bits per heavy atom. The lowest BCUT2D eigenvalue weighted by atomic mass is 9.83. The van der Waals surface area contributed by atoms with Crippen molar-refractivity contribution in [2.45, 2.75) is 66.2 Å². The van der Waals surface area contributed by atoms with Crippen molar-refractivity contribution in [3.8, 4) is 0 Å². The van der Waals surface area contributed by atoms with E-state index in [1.54, 1.807) is 0 Å². The summed E-state index contributed by atoms with van der Waals surface area (Å²) in [6.45, 7) is 13.9. The third-order valence-electron chi connectivity index (χ3n) is 5.80. The first-order chi connectivity index (χ1) is 12.4. The van der Waals surface area contributed by atoms with Crippen LogP contribution in [0.1, 0.15) is 82.1 Å². The first kappa shape index (κ1) is 20.5. The summed E-state index contributed by atoms with van der Waals surface area (Å²) in [4.78, 5) is 14.8. The van der Waals surface area contributed by atoms with Crippen LogP contribution in [0.4, 0.5) is 0 Å². The number of benzene rings is 1. The van der Waals surface area contributed by atoms with Crippen molar-refractivity contribution in [1.29, 1.82) is 0 Å². The van der Waals surface area contributed by atoms with E-state index in [4.69, 9.17) is 0 Å². The summed E-state index contributed by atoms with van der Waals surface area (Å²) in [7, 11) is 0. The SMILES string of the molecule is C=CC/C=C1\c2ccccc2C(=O)N1CCC(C)CCCC(C)(C)CC. The molecular formula is C24H35NO. The fraction of sp³-hybridized carbons (Fsp3) is 0.542. The predicted octanol–water partition coefficient (Wildman–Crippen LogP) is 6.69. The molecule has 0 aromatic heterocycles. The molecule has 1 amide bonds. The van der Waals surface area contributed by atoms with Crippen LogP contribution < -0.4 is 0 Å². The van der Waals surface area contributed by atoms with E-state index in [2.05, 4.69) is 46.4 Å².